The Morgan fingerprint density at radius 3 is 2.45 bits per heavy atom. The summed E-state index contributed by atoms with van der Waals surface area (Å²) in [7, 11) is -1.55. The van der Waals surface area contributed by atoms with E-state index in [4.69, 9.17) is 4.74 Å². The largest absolute Gasteiger partial charge is 0.489 e. The van der Waals surface area contributed by atoms with E-state index in [0.717, 1.165) is 27.8 Å². The fourth-order valence-corrected chi connectivity index (χ4v) is 5.35. The summed E-state index contributed by atoms with van der Waals surface area (Å²) >= 11 is 0. The van der Waals surface area contributed by atoms with E-state index in [1.165, 1.54) is 0 Å². The highest BCUT2D eigenvalue weighted by atomic mass is 16.5. The van der Waals surface area contributed by atoms with Crippen molar-refractivity contribution in [2.75, 3.05) is 0 Å². The summed E-state index contributed by atoms with van der Waals surface area (Å²) in [6, 6.07) is 13.9. The van der Waals surface area contributed by atoms with Gasteiger partial charge in [-0.2, -0.15) is 0 Å². The number of allylic oxidation sites excluding steroid dienone is 5. The molecule has 2 N–H and O–H groups in total. The first-order valence-electron chi connectivity index (χ1n) is 9.75. The van der Waals surface area contributed by atoms with Crippen molar-refractivity contribution in [1.82, 2.24) is 0 Å². The monoisotopic (exact) mass is 380 g/mol. The molecule has 5 rings (SSSR count). The molecule has 2 aromatic rings. The van der Waals surface area contributed by atoms with Gasteiger partial charge in [0.15, 0.2) is 0 Å². The molecule has 0 aromatic heterocycles. The molecule has 0 radical (unpaired) electrons. The molecule has 0 bridgehead atoms. The highest BCUT2D eigenvalue weighted by molar-refractivity contribution is 6.60. The second-order valence-corrected chi connectivity index (χ2v) is 7.56. The number of rotatable bonds is 3. The van der Waals surface area contributed by atoms with Crippen LogP contribution in [-0.4, -0.2) is 23.3 Å². The van der Waals surface area contributed by atoms with Crippen molar-refractivity contribution in [3.8, 4) is 11.1 Å². The van der Waals surface area contributed by atoms with Crippen LogP contribution in [0.3, 0.4) is 0 Å². The quantitative estimate of drug-likeness (QED) is 0.803. The lowest BCUT2D eigenvalue weighted by molar-refractivity contribution is 0.0800. The van der Waals surface area contributed by atoms with Crippen molar-refractivity contribution in [3.63, 3.8) is 0 Å². The van der Waals surface area contributed by atoms with Crippen molar-refractivity contribution in [1.29, 1.82) is 0 Å². The molecule has 142 valence electrons. The molecule has 2 aromatic carbocycles. The van der Waals surface area contributed by atoms with Crippen molar-refractivity contribution in [2.24, 2.45) is 5.92 Å². The summed E-state index contributed by atoms with van der Waals surface area (Å²) in [6.07, 6.45) is 11.8. The van der Waals surface area contributed by atoms with Gasteiger partial charge in [-0.25, -0.2) is 0 Å². The van der Waals surface area contributed by atoms with E-state index in [2.05, 4.69) is 49.6 Å². The minimum absolute atomic E-state index is 0.00214. The summed E-state index contributed by atoms with van der Waals surface area (Å²) in [4.78, 5) is 0. The predicted octanol–water partition coefficient (Wildman–Crippen LogP) is 3.40. The fourth-order valence-electron chi connectivity index (χ4n) is 5.35. The standard InChI is InChI=1S/C25H21BO3/c1-3-17-22(4-2)29-23-15-8-7-12-19(23)25(17)18-11-6-5-10-16(18)24-20(25)13-9-14-21(24)26(27)28/h3-15,19,23,27-28H,1-2H2. The van der Waals surface area contributed by atoms with Crippen molar-refractivity contribution < 1.29 is 14.8 Å². The summed E-state index contributed by atoms with van der Waals surface area (Å²) in [5, 5.41) is 20.2. The van der Waals surface area contributed by atoms with Gasteiger partial charge in [-0.1, -0.05) is 79.9 Å². The molecule has 0 fully saturated rings. The van der Waals surface area contributed by atoms with Gasteiger partial charge in [-0.15, -0.1) is 0 Å². The number of fused-ring (bicyclic) bond motifs is 7. The number of benzene rings is 2. The Hall–Kier alpha value is -3.08. The van der Waals surface area contributed by atoms with E-state index in [9.17, 15) is 10.0 Å². The Morgan fingerprint density at radius 1 is 0.931 bits per heavy atom. The van der Waals surface area contributed by atoms with E-state index < -0.39 is 12.5 Å². The summed E-state index contributed by atoms with van der Waals surface area (Å²) < 4.78 is 6.29. The van der Waals surface area contributed by atoms with Crippen LogP contribution in [-0.2, 0) is 10.2 Å². The Kier molecular flexibility index (Phi) is 4.02. The van der Waals surface area contributed by atoms with Crippen LogP contribution < -0.4 is 5.46 Å². The average Bonchev–Trinajstić information content (AvgIpc) is 3.05. The smallest absolute Gasteiger partial charge is 0.485 e. The zero-order chi connectivity index (χ0) is 20.2. The minimum Gasteiger partial charge on any atom is -0.485 e. The lowest BCUT2D eigenvalue weighted by Crippen LogP contribution is -2.47. The molecular weight excluding hydrogens is 359 g/mol. The fraction of sp³-hybridized carbons (Fsp3) is 0.120. The van der Waals surface area contributed by atoms with Gasteiger partial charge < -0.3 is 14.8 Å². The third kappa shape index (κ3) is 2.21. The molecule has 29 heavy (non-hydrogen) atoms. The normalized spacial score (nSPS) is 25.9. The maximum absolute atomic E-state index is 10.1. The lowest BCUT2D eigenvalue weighted by Gasteiger charge is -2.47. The van der Waals surface area contributed by atoms with Crippen LogP contribution in [0.15, 0.2) is 103 Å². The Labute approximate surface area is 170 Å². The van der Waals surface area contributed by atoms with Crippen molar-refractivity contribution >= 4 is 12.6 Å². The molecule has 1 aliphatic heterocycles. The van der Waals surface area contributed by atoms with E-state index >= 15 is 0 Å². The molecule has 1 heterocycles. The molecule has 3 nitrogen and oxygen atoms in total. The maximum Gasteiger partial charge on any atom is 0.489 e. The number of ether oxygens (including phenoxy) is 1. The molecule has 3 atom stereocenters. The van der Waals surface area contributed by atoms with Gasteiger partial charge in [0.25, 0.3) is 0 Å². The van der Waals surface area contributed by atoms with Crippen molar-refractivity contribution in [3.05, 3.63) is 115 Å². The van der Waals surface area contributed by atoms with Gasteiger partial charge in [0.1, 0.15) is 11.9 Å². The third-order valence-electron chi connectivity index (χ3n) is 6.35. The van der Waals surface area contributed by atoms with Crippen LogP contribution >= 0.6 is 0 Å². The summed E-state index contributed by atoms with van der Waals surface area (Å²) in [5.41, 5.74) is 4.96. The molecule has 0 saturated heterocycles. The second kappa shape index (κ2) is 6.48. The summed E-state index contributed by atoms with van der Waals surface area (Å²) in [6.45, 7) is 8.10. The Bertz CT molecular complexity index is 1120. The first-order chi connectivity index (χ1) is 14.1. The molecule has 3 aliphatic rings. The molecule has 0 saturated carbocycles. The molecule has 2 aliphatic carbocycles. The molecule has 3 unspecified atom stereocenters. The molecule has 0 amide bonds. The van der Waals surface area contributed by atoms with Gasteiger partial charge in [-0.05, 0) is 39.9 Å². The number of hydrogen-bond donors (Lipinski definition) is 2. The highest BCUT2D eigenvalue weighted by Gasteiger charge is 2.56. The third-order valence-corrected chi connectivity index (χ3v) is 6.35. The molecule has 1 spiro atoms. The van der Waals surface area contributed by atoms with Gasteiger partial charge >= 0.3 is 7.12 Å². The first-order valence-corrected chi connectivity index (χ1v) is 9.75. The topological polar surface area (TPSA) is 49.7 Å². The lowest BCUT2D eigenvalue weighted by atomic mass is 9.59. The van der Waals surface area contributed by atoms with E-state index in [-0.39, 0.29) is 12.0 Å². The van der Waals surface area contributed by atoms with Crippen LogP contribution in [0.1, 0.15) is 11.1 Å². The Balaban J connectivity index is 1.97. The van der Waals surface area contributed by atoms with Crippen molar-refractivity contribution in [2.45, 2.75) is 11.5 Å². The van der Waals surface area contributed by atoms with E-state index in [1.54, 1.807) is 12.1 Å². The van der Waals surface area contributed by atoms with E-state index in [0.29, 0.717) is 11.2 Å². The van der Waals surface area contributed by atoms with Gasteiger partial charge in [0, 0.05) is 11.5 Å². The summed E-state index contributed by atoms with van der Waals surface area (Å²) in [5.74, 6) is 0.705. The molecule has 4 heteroatoms. The average molecular weight is 380 g/mol. The van der Waals surface area contributed by atoms with Crippen LogP contribution in [0.2, 0.25) is 0 Å². The highest BCUT2D eigenvalue weighted by Crippen LogP contribution is 2.60. The molecular formula is C25H21BO3. The Morgan fingerprint density at radius 2 is 1.69 bits per heavy atom. The minimum atomic E-state index is -1.55. The van der Waals surface area contributed by atoms with Crippen LogP contribution in [0.5, 0.6) is 0 Å². The number of hydrogen-bond acceptors (Lipinski definition) is 3. The van der Waals surface area contributed by atoms with Crippen LogP contribution in [0.4, 0.5) is 0 Å². The van der Waals surface area contributed by atoms with Gasteiger partial charge in [0.05, 0.1) is 5.41 Å². The van der Waals surface area contributed by atoms with Crippen LogP contribution in [0.25, 0.3) is 11.1 Å². The zero-order valence-electron chi connectivity index (χ0n) is 16.0. The van der Waals surface area contributed by atoms with E-state index in [1.807, 2.05) is 30.4 Å². The maximum atomic E-state index is 10.1. The van der Waals surface area contributed by atoms with Gasteiger partial charge in [0.2, 0.25) is 0 Å². The predicted molar refractivity (Wildman–Crippen MR) is 117 cm³/mol. The SMILES string of the molecule is C=CC1=C(C=C)C2(c3ccccc3-c3c(B(O)O)cccc32)C2C=CC=CC2O1. The van der Waals surface area contributed by atoms with Crippen LogP contribution in [0, 0.1) is 5.92 Å². The van der Waals surface area contributed by atoms with Gasteiger partial charge in [-0.3, -0.25) is 0 Å². The first kappa shape index (κ1) is 18.0. The zero-order valence-corrected chi connectivity index (χ0v) is 16.0. The second-order valence-electron chi connectivity index (χ2n) is 7.56.